The van der Waals surface area contributed by atoms with Crippen molar-refractivity contribution in [2.45, 2.75) is 13.3 Å². The molecule has 3 aromatic rings. The lowest BCUT2D eigenvalue weighted by molar-refractivity contribution is 0.152. The first-order valence-electron chi connectivity index (χ1n) is 7.14. The number of rotatable bonds is 5. The van der Waals surface area contributed by atoms with Crippen molar-refractivity contribution in [1.29, 1.82) is 0 Å². The van der Waals surface area contributed by atoms with Crippen molar-refractivity contribution in [2.75, 3.05) is 13.2 Å². The highest BCUT2D eigenvalue weighted by molar-refractivity contribution is 7.09. The molecule has 0 fully saturated rings. The van der Waals surface area contributed by atoms with Crippen LogP contribution in [0.3, 0.4) is 0 Å². The third-order valence-corrected chi connectivity index (χ3v) is 4.06. The van der Waals surface area contributed by atoms with Crippen molar-refractivity contribution in [3.05, 3.63) is 39.1 Å². The highest BCUT2D eigenvalue weighted by Crippen LogP contribution is 2.25. The molecule has 2 heterocycles. The first-order chi connectivity index (χ1) is 11.2. The number of thiazole rings is 1. The monoisotopic (exact) mass is 333 g/mol. The van der Waals surface area contributed by atoms with Gasteiger partial charge in [-0.25, -0.2) is 14.6 Å². The Balaban J connectivity index is 1.68. The van der Waals surface area contributed by atoms with Crippen molar-refractivity contribution >= 4 is 28.5 Å². The van der Waals surface area contributed by atoms with E-state index >= 15 is 0 Å². The van der Waals surface area contributed by atoms with Gasteiger partial charge in [0.1, 0.15) is 0 Å². The minimum atomic E-state index is -0.471. The average Bonchev–Trinajstić information content (AvgIpc) is 3.12. The van der Waals surface area contributed by atoms with E-state index in [2.05, 4.69) is 15.3 Å². The number of carbonyl (C=O) groups excluding carboxylic acids is 1. The van der Waals surface area contributed by atoms with Gasteiger partial charge in [-0.15, -0.1) is 11.3 Å². The number of nitrogens with one attached hydrogen (secondary N) is 2. The summed E-state index contributed by atoms with van der Waals surface area (Å²) >= 11 is 1.52. The number of benzene rings is 1. The lowest BCUT2D eigenvalue weighted by Gasteiger charge is -2.03. The van der Waals surface area contributed by atoms with Crippen LogP contribution in [0.5, 0.6) is 0 Å². The van der Waals surface area contributed by atoms with E-state index < -0.39 is 11.8 Å². The van der Waals surface area contributed by atoms with Gasteiger partial charge < -0.3 is 14.5 Å². The van der Waals surface area contributed by atoms with Crippen LogP contribution in [0.1, 0.15) is 11.9 Å². The minimum absolute atomic E-state index is 0.352. The molecule has 7 nitrogen and oxygen atoms in total. The Kier molecular flexibility index (Phi) is 4.42. The molecule has 0 saturated heterocycles. The van der Waals surface area contributed by atoms with E-state index in [1.54, 1.807) is 19.1 Å². The van der Waals surface area contributed by atoms with Gasteiger partial charge in [-0.05, 0) is 19.1 Å². The van der Waals surface area contributed by atoms with Gasteiger partial charge in [-0.2, -0.15) is 0 Å². The van der Waals surface area contributed by atoms with Crippen molar-refractivity contribution < 1.29 is 13.9 Å². The molecule has 0 atom stereocenters. The molecule has 3 rings (SSSR count). The van der Waals surface area contributed by atoms with Gasteiger partial charge >= 0.3 is 11.8 Å². The van der Waals surface area contributed by atoms with E-state index in [-0.39, 0.29) is 0 Å². The number of alkyl carbamates (subject to hydrolysis) is 1. The standard InChI is InChI=1S/C15H15N3O4S/c1-2-21-14(19)16-6-5-13-17-11(8-23-13)9-3-4-10-12(7-9)22-15(20)18-10/h3-4,7-8H,2,5-6H2,1H3,(H,16,19)(H,18,20). The Bertz CT molecular complexity index is 880. The lowest BCUT2D eigenvalue weighted by atomic mass is 10.1. The fourth-order valence-corrected chi connectivity index (χ4v) is 2.92. The number of H-pyrrole nitrogens is 1. The molecule has 120 valence electrons. The van der Waals surface area contributed by atoms with Crippen LogP contribution in [0, 0.1) is 0 Å². The van der Waals surface area contributed by atoms with Crippen LogP contribution < -0.4 is 11.1 Å². The van der Waals surface area contributed by atoms with Crippen LogP contribution >= 0.6 is 11.3 Å². The van der Waals surface area contributed by atoms with E-state index in [0.29, 0.717) is 30.7 Å². The molecule has 0 unspecified atom stereocenters. The normalized spacial score (nSPS) is 10.8. The van der Waals surface area contributed by atoms with Crippen molar-refractivity contribution in [2.24, 2.45) is 0 Å². The summed E-state index contributed by atoms with van der Waals surface area (Å²) in [5.74, 6) is -0.471. The van der Waals surface area contributed by atoms with Crippen molar-refractivity contribution in [3.63, 3.8) is 0 Å². The third kappa shape index (κ3) is 3.59. The number of aromatic amines is 1. The molecular weight excluding hydrogens is 318 g/mol. The quantitative estimate of drug-likeness (QED) is 0.748. The zero-order valence-electron chi connectivity index (χ0n) is 12.4. The molecule has 1 amide bonds. The highest BCUT2D eigenvalue weighted by atomic mass is 32.1. The van der Waals surface area contributed by atoms with E-state index in [0.717, 1.165) is 16.3 Å². The smallest absolute Gasteiger partial charge is 0.417 e. The molecule has 1 aromatic carbocycles. The number of fused-ring (bicyclic) bond motifs is 1. The van der Waals surface area contributed by atoms with Crippen LogP contribution in [0.25, 0.3) is 22.4 Å². The van der Waals surface area contributed by atoms with Gasteiger partial charge in [0.25, 0.3) is 0 Å². The number of amides is 1. The maximum absolute atomic E-state index is 11.2. The molecule has 0 aliphatic carbocycles. The number of hydrogen-bond donors (Lipinski definition) is 2. The molecule has 2 N–H and O–H groups in total. The summed E-state index contributed by atoms with van der Waals surface area (Å²) in [5.41, 5.74) is 2.85. The van der Waals surface area contributed by atoms with Gasteiger partial charge in [-0.1, -0.05) is 6.07 Å². The summed E-state index contributed by atoms with van der Waals surface area (Å²) in [5, 5.41) is 5.51. The van der Waals surface area contributed by atoms with Gasteiger partial charge in [0.2, 0.25) is 0 Å². The van der Waals surface area contributed by atoms with Crippen LogP contribution in [-0.2, 0) is 11.2 Å². The molecule has 0 spiro atoms. The Morgan fingerprint density at radius 2 is 2.35 bits per heavy atom. The summed E-state index contributed by atoms with van der Waals surface area (Å²) in [6, 6.07) is 5.45. The average molecular weight is 333 g/mol. The van der Waals surface area contributed by atoms with Gasteiger partial charge in [0, 0.05) is 23.9 Å². The summed E-state index contributed by atoms with van der Waals surface area (Å²) in [6.07, 6.45) is 0.211. The second-order valence-corrected chi connectivity index (χ2v) is 5.69. The molecule has 0 aliphatic rings. The lowest BCUT2D eigenvalue weighted by Crippen LogP contribution is -2.26. The number of oxazole rings is 1. The summed E-state index contributed by atoms with van der Waals surface area (Å²) in [7, 11) is 0. The Hall–Kier alpha value is -2.61. The summed E-state index contributed by atoms with van der Waals surface area (Å²) in [6.45, 7) is 2.58. The Morgan fingerprint density at radius 1 is 1.48 bits per heavy atom. The molecule has 0 bridgehead atoms. The molecule has 0 aliphatic heterocycles. The van der Waals surface area contributed by atoms with E-state index in [1.165, 1.54) is 11.3 Å². The minimum Gasteiger partial charge on any atom is -0.450 e. The molecular formula is C15H15N3O4S. The number of aromatic nitrogens is 2. The summed E-state index contributed by atoms with van der Waals surface area (Å²) < 4.78 is 9.85. The second-order valence-electron chi connectivity index (χ2n) is 4.75. The topological polar surface area (TPSA) is 97.2 Å². The molecule has 23 heavy (non-hydrogen) atoms. The third-order valence-electron chi connectivity index (χ3n) is 3.15. The number of nitrogens with zero attached hydrogens (tertiary/aromatic N) is 1. The molecule has 0 saturated carbocycles. The fraction of sp³-hybridized carbons (Fsp3) is 0.267. The van der Waals surface area contributed by atoms with Crippen LogP contribution in [0.15, 0.2) is 32.8 Å². The SMILES string of the molecule is CCOC(=O)NCCc1nc(-c2ccc3[nH]c(=O)oc3c2)cs1. The maximum atomic E-state index is 11.2. The van der Waals surface area contributed by atoms with Crippen LogP contribution in [0.2, 0.25) is 0 Å². The predicted octanol–water partition coefficient (Wildman–Crippen LogP) is 2.53. The predicted molar refractivity (Wildman–Crippen MR) is 86.7 cm³/mol. The first-order valence-corrected chi connectivity index (χ1v) is 8.02. The fourth-order valence-electron chi connectivity index (χ4n) is 2.12. The van der Waals surface area contributed by atoms with Gasteiger partial charge in [0.15, 0.2) is 5.58 Å². The van der Waals surface area contributed by atoms with E-state index in [9.17, 15) is 9.59 Å². The van der Waals surface area contributed by atoms with Crippen LogP contribution in [-0.4, -0.2) is 29.2 Å². The Labute approximate surface area is 135 Å². The summed E-state index contributed by atoms with van der Waals surface area (Å²) in [4.78, 5) is 29.5. The highest BCUT2D eigenvalue weighted by Gasteiger charge is 2.08. The van der Waals surface area contributed by atoms with E-state index in [4.69, 9.17) is 9.15 Å². The zero-order valence-corrected chi connectivity index (χ0v) is 13.2. The van der Waals surface area contributed by atoms with E-state index in [1.807, 2.05) is 11.4 Å². The van der Waals surface area contributed by atoms with Crippen LogP contribution in [0.4, 0.5) is 4.79 Å². The van der Waals surface area contributed by atoms with Gasteiger partial charge in [-0.3, -0.25) is 4.98 Å². The number of carbonyl (C=O) groups is 1. The van der Waals surface area contributed by atoms with Crippen molar-refractivity contribution in [3.8, 4) is 11.3 Å². The van der Waals surface area contributed by atoms with Crippen molar-refractivity contribution in [1.82, 2.24) is 15.3 Å². The molecule has 8 heteroatoms. The largest absolute Gasteiger partial charge is 0.450 e. The molecule has 2 aromatic heterocycles. The first kappa shape index (κ1) is 15.3. The van der Waals surface area contributed by atoms with Gasteiger partial charge in [0.05, 0.1) is 22.8 Å². The zero-order chi connectivity index (χ0) is 16.2. The molecule has 0 radical (unpaired) electrons. The number of ether oxygens (including phenoxy) is 1. The Morgan fingerprint density at radius 3 is 3.17 bits per heavy atom. The maximum Gasteiger partial charge on any atom is 0.417 e. The number of hydrogen-bond acceptors (Lipinski definition) is 6. The second kappa shape index (κ2) is 6.66.